The molecule has 0 radical (unpaired) electrons. The molecule has 0 aliphatic carbocycles. The standard InChI is InChI=1S/C13H11BrN4.C13H11ClN4.CH4/c2*1-8-10-11(14)12(9-6-4-3-5-7-9)15-16-13(10)18(2)17-8;/h2*3-7H,1-2H3;1H4. The summed E-state index contributed by atoms with van der Waals surface area (Å²) in [7, 11) is 3.71. The molecule has 0 atom stereocenters. The summed E-state index contributed by atoms with van der Waals surface area (Å²) in [6, 6.07) is 19.8. The fourth-order valence-electron chi connectivity index (χ4n) is 4.12. The molecule has 4 aromatic heterocycles. The average Bonchev–Trinajstić information content (AvgIpc) is 3.35. The molecule has 0 amide bonds. The van der Waals surface area contributed by atoms with Crippen LogP contribution >= 0.6 is 27.5 Å². The summed E-state index contributed by atoms with van der Waals surface area (Å²) in [4.78, 5) is 0. The largest absolute Gasteiger partial charge is 0.249 e. The molecule has 2 aromatic carbocycles. The Bertz CT molecular complexity index is 1570. The molecule has 0 saturated heterocycles. The molecule has 10 heteroatoms. The Morgan fingerprint density at radius 1 is 0.649 bits per heavy atom. The van der Waals surface area contributed by atoms with Crippen molar-refractivity contribution in [1.29, 1.82) is 0 Å². The number of rotatable bonds is 2. The Kier molecular flexibility index (Phi) is 7.65. The predicted molar refractivity (Wildman–Crippen MR) is 152 cm³/mol. The lowest BCUT2D eigenvalue weighted by Crippen LogP contribution is -1.95. The van der Waals surface area contributed by atoms with Gasteiger partial charge in [0, 0.05) is 25.2 Å². The molecule has 188 valence electrons. The maximum atomic E-state index is 6.44. The quantitative estimate of drug-likeness (QED) is 0.227. The first-order valence-corrected chi connectivity index (χ1v) is 12.4. The molecule has 6 rings (SSSR count). The minimum Gasteiger partial charge on any atom is -0.249 e. The first-order chi connectivity index (χ1) is 17.4. The molecule has 0 saturated carbocycles. The van der Waals surface area contributed by atoms with Crippen LogP contribution in [0.5, 0.6) is 0 Å². The van der Waals surface area contributed by atoms with Crippen LogP contribution in [0.3, 0.4) is 0 Å². The van der Waals surface area contributed by atoms with Crippen LogP contribution in [-0.2, 0) is 14.1 Å². The second-order valence-electron chi connectivity index (χ2n) is 8.27. The minimum absolute atomic E-state index is 0. The Morgan fingerprint density at radius 2 is 1.08 bits per heavy atom. The highest BCUT2D eigenvalue weighted by molar-refractivity contribution is 9.10. The van der Waals surface area contributed by atoms with Crippen LogP contribution in [0, 0.1) is 13.8 Å². The lowest BCUT2D eigenvalue weighted by atomic mass is 10.1. The zero-order valence-electron chi connectivity index (χ0n) is 20.1. The molecule has 0 spiro atoms. The zero-order chi connectivity index (χ0) is 25.4. The van der Waals surface area contributed by atoms with E-state index in [1.165, 1.54) is 0 Å². The maximum absolute atomic E-state index is 6.44. The molecular formula is C27H26BrClN8. The van der Waals surface area contributed by atoms with Crippen molar-refractivity contribution in [2.75, 3.05) is 0 Å². The number of benzene rings is 2. The van der Waals surface area contributed by atoms with Crippen LogP contribution in [0.25, 0.3) is 44.6 Å². The van der Waals surface area contributed by atoms with Crippen molar-refractivity contribution in [3.8, 4) is 22.5 Å². The fraction of sp³-hybridized carbons (Fsp3) is 0.185. The van der Waals surface area contributed by atoms with Crippen molar-refractivity contribution < 1.29 is 0 Å². The van der Waals surface area contributed by atoms with Crippen molar-refractivity contribution in [3.05, 3.63) is 81.5 Å². The van der Waals surface area contributed by atoms with Crippen LogP contribution in [-0.4, -0.2) is 40.0 Å². The Balaban J connectivity index is 0.000000168. The second-order valence-corrected chi connectivity index (χ2v) is 9.44. The summed E-state index contributed by atoms with van der Waals surface area (Å²) in [6.07, 6.45) is 0. The van der Waals surface area contributed by atoms with Crippen molar-refractivity contribution in [2.24, 2.45) is 14.1 Å². The van der Waals surface area contributed by atoms with E-state index in [-0.39, 0.29) is 7.43 Å². The highest BCUT2D eigenvalue weighted by atomic mass is 79.9. The summed E-state index contributed by atoms with van der Waals surface area (Å²) in [5, 5.41) is 28.1. The molecule has 0 fully saturated rings. The molecular weight excluding hydrogens is 552 g/mol. The highest BCUT2D eigenvalue weighted by Crippen LogP contribution is 2.33. The molecule has 0 N–H and O–H groups in total. The number of aromatic nitrogens is 8. The minimum atomic E-state index is 0. The molecule has 0 bridgehead atoms. The van der Waals surface area contributed by atoms with Gasteiger partial charge in [-0.1, -0.05) is 79.7 Å². The topological polar surface area (TPSA) is 87.2 Å². The van der Waals surface area contributed by atoms with Gasteiger partial charge < -0.3 is 0 Å². The van der Waals surface area contributed by atoms with Gasteiger partial charge in [-0.3, -0.25) is 0 Å². The van der Waals surface area contributed by atoms with E-state index in [0.29, 0.717) is 16.4 Å². The van der Waals surface area contributed by atoms with Crippen molar-refractivity contribution in [3.63, 3.8) is 0 Å². The molecule has 0 unspecified atom stereocenters. The SMILES string of the molecule is C.Cc1nn(C)c2nnc(-c3ccccc3)c(Br)c12.Cc1nn(C)c2nnc(-c3ccccc3)c(Cl)c12. The lowest BCUT2D eigenvalue weighted by Gasteiger charge is -2.04. The zero-order valence-corrected chi connectivity index (χ0v) is 22.4. The number of nitrogens with zero attached hydrogens (tertiary/aromatic N) is 8. The van der Waals surface area contributed by atoms with Crippen molar-refractivity contribution >= 4 is 49.6 Å². The predicted octanol–water partition coefficient (Wildman–Crippen LogP) is 6.73. The molecule has 0 aliphatic heterocycles. The number of fused-ring (bicyclic) bond motifs is 2. The average molecular weight is 578 g/mol. The summed E-state index contributed by atoms with van der Waals surface area (Å²) < 4.78 is 4.39. The Morgan fingerprint density at radius 3 is 1.62 bits per heavy atom. The number of halogens is 2. The van der Waals surface area contributed by atoms with Gasteiger partial charge in [0.25, 0.3) is 0 Å². The van der Waals surface area contributed by atoms with E-state index >= 15 is 0 Å². The van der Waals surface area contributed by atoms with Gasteiger partial charge >= 0.3 is 0 Å². The van der Waals surface area contributed by atoms with Gasteiger partial charge in [-0.05, 0) is 29.8 Å². The fourth-order valence-corrected chi connectivity index (χ4v) is 5.26. The highest BCUT2D eigenvalue weighted by Gasteiger charge is 2.17. The summed E-state index contributed by atoms with van der Waals surface area (Å²) in [5.74, 6) is 0. The van der Waals surface area contributed by atoms with Crippen LogP contribution < -0.4 is 0 Å². The van der Waals surface area contributed by atoms with E-state index < -0.39 is 0 Å². The smallest absolute Gasteiger partial charge is 0.181 e. The van der Waals surface area contributed by atoms with Gasteiger partial charge in [0.2, 0.25) is 0 Å². The van der Waals surface area contributed by atoms with E-state index in [9.17, 15) is 0 Å². The molecule has 6 aromatic rings. The summed E-state index contributed by atoms with van der Waals surface area (Å²) in [5.41, 5.74) is 6.86. The van der Waals surface area contributed by atoms with Crippen molar-refractivity contribution in [2.45, 2.75) is 21.3 Å². The molecule has 0 aliphatic rings. The van der Waals surface area contributed by atoms with E-state index in [4.69, 9.17) is 11.6 Å². The summed E-state index contributed by atoms with van der Waals surface area (Å²) in [6.45, 7) is 3.90. The maximum Gasteiger partial charge on any atom is 0.181 e. The third-order valence-corrected chi connectivity index (χ3v) is 6.96. The lowest BCUT2D eigenvalue weighted by molar-refractivity contribution is 0.766. The van der Waals surface area contributed by atoms with Gasteiger partial charge in [-0.25, -0.2) is 9.36 Å². The summed E-state index contributed by atoms with van der Waals surface area (Å²) >= 11 is 10.1. The third kappa shape index (κ3) is 4.84. The second kappa shape index (κ2) is 10.7. The van der Waals surface area contributed by atoms with E-state index in [1.807, 2.05) is 88.6 Å². The molecule has 37 heavy (non-hydrogen) atoms. The first kappa shape index (κ1) is 26.4. The molecule has 8 nitrogen and oxygen atoms in total. The van der Waals surface area contributed by atoms with E-state index in [2.05, 4.69) is 46.5 Å². The van der Waals surface area contributed by atoms with Gasteiger partial charge in [0.15, 0.2) is 11.3 Å². The third-order valence-electron chi connectivity index (χ3n) is 5.82. The van der Waals surface area contributed by atoms with Crippen LogP contribution in [0.1, 0.15) is 18.8 Å². The number of hydrogen-bond acceptors (Lipinski definition) is 6. The van der Waals surface area contributed by atoms with Crippen LogP contribution in [0.2, 0.25) is 5.02 Å². The normalized spacial score (nSPS) is 10.8. The monoisotopic (exact) mass is 576 g/mol. The Labute approximate surface area is 228 Å². The van der Waals surface area contributed by atoms with E-state index in [1.54, 1.807) is 9.36 Å². The van der Waals surface area contributed by atoms with Gasteiger partial charge in [0.1, 0.15) is 11.4 Å². The number of hydrogen-bond donors (Lipinski definition) is 0. The van der Waals surface area contributed by atoms with Gasteiger partial charge in [-0.2, -0.15) is 10.2 Å². The Hall–Kier alpha value is -3.69. The number of aryl methyl sites for hydroxylation is 4. The van der Waals surface area contributed by atoms with Gasteiger partial charge in [0.05, 0.1) is 31.7 Å². The van der Waals surface area contributed by atoms with Crippen LogP contribution in [0.4, 0.5) is 0 Å². The van der Waals surface area contributed by atoms with Crippen LogP contribution in [0.15, 0.2) is 65.1 Å². The van der Waals surface area contributed by atoms with Gasteiger partial charge in [-0.15, -0.1) is 20.4 Å². The van der Waals surface area contributed by atoms with Crippen molar-refractivity contribution in [1.82, 2.24) is 40.0 Å². The van der Waals surface area contributed by atoms with E-state index in [0.717, 1.165) is 49.1 Å². The molecule has 4 heterocycles. The first-order valence-electron chi connectivity index (χ1n) is 11.2.